The van der Waals surface area contributed by atoms with E-state index in [0.29, 0.717) is 13.1 Å². The molecule has 0 aliphatic carbocycles. The number of nitrogens with zero attached hydrogens (tertiary/aromatic N) is 1. The summed E-state index contributed by atoms with van der Waals surface area (Å²) in [6.45, 7) is 3.13. The maximum Gasteiger partial charge on any atom is 0.310 e. The highest BCUT2D eigenvalue weighted by Crippen LogP contribution is 2.66. The number of likely N-dealkylation sites (tertiary alicyclic amines) is 1. The first-order valence-electron chi connectivity index (χ1n) is 12.1. The Labute approximate surface area is 199 Å². The average Bonchev–Trinajstić information content (AvgIpc) is 3.46. The van der Waals surface area contributed by atoms with Gasteiger partial charge in [-0.15, -0.1) is 11.8 Å². The molecule has 3 aliphatic rings. The summed E-state index contributed by atoms with van der Waals surface area (Å²) in [4.78, 5) is 41.8. The van der Waals surface area contributed by atoms with Crippen LogP contribution in [0, 0.1) is 11.8 Å². The van der Waals surface area contributed by atoms with Crippen LogP contribution in [0.25, 0.3) is 0 Å². The zero-order chi connectivity index (χ0) is 23.4. The van der Waals surface area contributed by atoms with Gasteiger partial charge in [-0.05, 0) is 38.2 Å². The number of thioether (sulfide) groups is 1. The van der Waals surface area contributed by atoms with Gasteiger partial charge in [0.15, 0.2) is 0 Å². The van der Waals surface area contributed by atoms with Crippen LogP contribution in [0.2, 0.25) is 0 Å². The minimum Gasteiger partial charge on any atom is -0.466 e. The van der Waals surface area contributed by atoms with Crippen LogP contribution >= 0.6 is 11.8 Å². The topological polar surface area (TPSA) is 95.9 Å². The molecule has 3 heterocycles. The normalized spacial score (nSPS) is 29.9. The molecule has 1 spiro atoms. The molecule has 0 saturated carbocycles. The fourth-order valence-corrected chi connectivity index (χ4v) is 8.04. The molecule has 3 fully saturated rings. The van der Waals surface area contributed by atoms with E-state index in [1.807, 2.05) is 30.3 Å². The maximum absolute atomic E-state index is 13.7. The Morgan fingerprint density at radius 2 is 1.97 bits per heavy atom. The Kier molecular flexibility index (Phi) is 7.64. The number of aliphatic hydroxyl groups is 1. The monoisotopic (exact) mass is 474 g/mol. The summed E-state index contributed by atoms with van der Waals surface area (Å²) in [5.74, 6) is -1.49. The quantitative estimate of drug-likeness (QED) is 0.378. The molecule has 7 nitrogen and oxygen atoms in total. The number of esters is 1. The number of carbonyl (C=O) groups is 3. The van der Waals surface area contributed by atoms with Crippen LogP contribution in [0.1, 0.15) is 51.0 Å². The summed E-state index contributed by atoms with van der Waals surface area (Å²) in [5, 5.41) is 12.1. The third kappa shape index (κ3) is 4.52. The second-order valence-corrected chi connectivity index (χ2v) is 10.8. The second kappa shape index (κ2) is 10.5. The van der Waals surface area contributed by atoms with Crippen molar-refractivity contribution in [2.75, 3.05) is 19.8 Å². The van der Waals surface area contributed by atoms with Gasteiger partial charge >= 0.3 is 5.97 Å². The highest BCUT2D eigenvalue weighted by atomic mass is 32.2. The van der Waals surface area contributed by atoms with E-state index in [2.05, 4.69) is 5.32 Å². The predicted molar refractivity (Wildman–Crippen MR) is 126 cm³/mol. The van der Waals surface area contributed by atoms with Crippen molar-refractivity contribution in [3.63, 3.8) is 0 Å². The van der Waals surface area contributed by atoms with Crippen LogP contribution in [0.3, 0.4) is 0 Å². The number of hydrogen-bond donors (Lipinski definition) is 2. The molecule has 2 amide bonds. The van der Waals surface area contributed by atoms with E-state index in [9.17, 15) is 14.4 Å². The third-order valence-corrected chi connectivity index (χ3v) is 9.18. The summed E-state index contributed by atoms with van der Waals surface area (Å²) in [6, 6.07) is 9.16. The van der Waals surface area contributed by atoms with Crippen molar-refractivity contribution in [2.45, 2.75) is 68.0 Å². The van der Waals surface area contributed by atoms with Gasteiger partial charge in [0, 0.05) is 24.9 Å². The number of nitrogens with one attached hydrogen (secondary N) is 1. The largest absolute Gasteiger partial charge is 0.466 e. The van der Waals surface area contributed by atoms with Crippen LogP contribution in [-0.2, 0) is 25.7 Å². The molecule has 5 atom stereocenters. The number of aliphatic hydroxyl groups excluding tert-OH is 1. The van der Waals surface area contributed by atoms with Crippen molar-refractivity contribution < 1.29 is 24.2 Å². The lowest BCUT2D eigenvalue weighted by Crippen LogP contribution is -2.53. The molecule has 1 aromatic rings. The average molecular weight is 475 g/mol. The number of unbranched alkanes of at least 4 members (excludes halogenated alkanes) is 3. The smallest absolute Gasteiger partial charge is 0.310 e. The van der Waals surface area contributed by atoms with Gasteiger partial charge < -0.3 is 20.1 Å². The van der Waals surface area contributed by atoms with Gasteiger partial charge in [0.1, 0.15) is 6.04 Å². The molecule has 0 radical (unpaired) electrons. The first kappa shape index (κ1) is 24.1. The van der Waals surface area contributed by atoms with Gasteiger partial charge in [0.05, 0.1) is 23.2 Å². The van der Waals surface area contributed by atoms with Gasteiger partial charge in [0.25, 0.3) is 0 Å². The number of fused-ring (bicyclic) bond motifs is 1. The third-order valence-electron chi connectivity index (χ3n) is 7.22. The van der Waals surface area contributed by atoms with Crippen LogP contribution in [0.15, 0.2) is 30.3 Å². The van der Waals surface area contributed by atoms with Crippen molar-refractivity contribution >= 4 is 29.5 Å². The van der Waals surface area contributed by atoms with E-state index < -0.39 is 22.6 Å². The Bertz CT molecular complexity index is 866. The molecule has 2 N–H and O–H groups in total. The summed E-state index contributed by atoms with van der Waals surface area (Å²) in [6.07, 6.45) is 4.88. The molecule has 2 bridgehead atoms. The molecule has 1 aromatic carbocycles. The van der Waals surface area contributed by atoms with Crippen LogP contribution in [-0.4, -0.2) is 63.6 Å². The molecule has 180 valence electrons. The van der Waals surface area contributed by atoms with E-state index in [4.69, 9.17) is 9.84 Å². The first-order valence-corrected chi connectivity index (χ1v) is 13.0. The maximum atomic E-state index is 13.7. The summed E-state index contributed by atoms with van der Waals surface area (Å²) < 4.78 is 4.78. The Morgan fingerprint density at radius 3 is 2.70 bits per heavy atom. The standard InChI is InChI=1S/C25H34N2O5S/c1-2-32-24(31)19-18-12-13-25(33-18)20(19)23(30)27(14-8-3-4-9-15-28)21(25)22(29)26-16-17-10-6-5-7-11-17/h5-7,10-11,18-21,28H,2-4,8-9,12-16H2,1H3,(H,26,29)/t18-,19+,20+,21?,25?/m1/s1. The van der Waals surface area contributed by atoms with Crippen molar-refractivity contribution in [3.8, 4) is 0 Å². The Balaban J connectivity index is 1.56. The van der Waals surface area contributed by atoms with E-state index in [-0.39, 0.29) is 36.2 Å². The van der Waals surface area contributed by atoms with Gasteiger partial charge in [-0.2, -0.15) is 0 Å². The van der Waals surface area contributed by atoms with E-state index in [1.165, 1.54) is 0 Å². The van der Waals surface area contributed by atoms with E-state index >= 15 is 0 Å². The van der Waals surface area contributed by atoms with Gasteiger partial charge in [-0.25, -0.2) is 0 Å². The number of amides is 2. The molecule has 33 heavy (non-hydrogen) atoms. The number of carbonyl (C=O) groups excluding carboxylic acids is 3. The number of ether oxygens (including phenoxy) is 1. The highest BCUT2D eigenvalue weighted by Gasteiger charge is 2.73. The van der Waals surface area contributed by atoms with Crippen molar-refractivity contribution in [1.82, 2.24) is 10.2 Å². The Hall–Kier alpha value is -2.06. The van der Waals surface area contributed by atoms with Crippen LogP contribution in [0.4, 0.5) is 0 Å². The fourth-order valence-electron chi connectivity index (χ4n) is 5.83. The zero-order valence-electron chi connectivity index (χ0n) is 19.2. The lowest BCUT2D eigenvalue weighted by atomic mass is 9.71. The van der Waals surface area contributed by atoms with Gasteiger partial charge in [-0.1, -0.05) is 43.2 Å². The molecule has 2 unspecified atom stereocenters. The lowest BCUT2D eigenvalue weighted by Gasteiger charge is -2.34. The predicted octanol–water partition coefficient (Wildman–Crippen LogP) is 2.51. The molecule has 3 saturated heterocycles. The number of benzene rings is 1. The minimum absolute atomic E-state index is 0.0362. The summed E-state index contributed by atoms with van der Waals surface area (Å²) in [7, 11) is 0. The van der Waals surface area contributed by atoms with Crippen molar-refractivity contribution in [3.05, 3.63) is 35.9 Å². The highest BCUT2D eigenvalue weighted by molar-refractivity contribution is 8.02. The number of hydrogen-bond acceptors (Lipinski definition) is 6. The fraction of sp³-hybridized carbons (Fsp3) is 0.640. The molecular formula is C25H34N2O5S. The first-order chi connectivity index (χ1) is 16.0. The lowest BCUT2D eigenvalue weighted by molar-refractivity contribution is -0.153. The number of rotatable bonds is 11. The van der Waals surface area contributed by atoms with Crippen molar-refractivity contribution in [2.24, 2.45) is 11.8 Å². The molecule has 0 aromatic heterocycles. The van der Waals surface area contributed by atoms with E-state index in [0.717, 1.165) is 44.1 Å². The van der Waals surface area contributed by atoms with Gasteiger partial charge in [-0.3, -0.25) is 14.4 Å². The molecular weight excluding hydrogens is 440 g/mol. The van der Waals surface area contributed by atoms with Crippen LogP contribution < -0.4 is 5.32 Å². The summed E-state index contributed by atoms with van der Waals surface area (Å²) in [5.41, 5.74) is 1.01. The van der Waals surface area contributed by atoms with Crippen LogP contribution in [0.5, 0.6) is 0 Å². The van der Waals surface area contributed by atoms with Gasteiger partial charge in [0.2, 0.25) is 11.8 Å². The molecule has 3 aliphatic heterocycles. The zero-order valence-corrected chi connectivity index (χ0v) is 20.0. The Morgan fingerprint density at radius 1 is 1.21 bits per heavy atom. The second-order valence-electron chi connectivity index (χ2n) is 9.18. The minimum atomic E-state index is -0.578. The summed E-state index contributed by atoms with van der Waals surface area (Å²) >= 11 is 1.67. The molecule has 8 heteroatoms. The molecule has 4 rings (SSSR count). The SMILES string of the molecule is CCOC(=O)[C@@H]1[C@H]2C(=O)N(CCCCCCO)C(C(=O)NCc3ccccc3)C23CC[C@H]1S3. The van der Waals surface area contributed by atoms with E-state index in [1.54, 1.807) is 23.6 Å². The van der Waals surface area contributed by atoms with Crippen molar-refractivity contribution in [1.29, 1.82) is 0 Å².